The van der Waals surface area contributed by atoms with Crippen LogP contribution in [0.2, 0.25) is 0 Å². The van der Waals surface area contributed by atoms with Crippen molar-refractivity contribution >= 4 is 0 Å². The number of hydrogen-bond donors (Lipinski definition) is 1. The van der Waals surface area contributed by atoms with Gasteiger partial charge in [-0.15, -0.1) is 0 Å². The monoisotopic (exact) mass is 206 g/mol. The average Bonchev–Trinajstić information content (AvgIpc) is 2.63. The normalized spacial score (nSPS) is 12.7. The Kier molecular flexibility index (Phi) is 2.51. The molecular formula is C11H11FN2O. The van der Waals surface area contributed by atoms with Crippen LogP contribution < -0.4 is 0 Å². The minimum atomic E-state index is -0.840. The van der Waals surface area contributed by atoms with Crippen LogP contribution in [0.4, 0.5) is 4.39 Å². The zero-order valence-electron chi connectivity index (χ0n) is 8.26. The largest absolute Gasteiger partial charge is 0.382 e. The fraction of sp³-hybridized carbons (Fsp3) is 0.182. The van der Waals surface area contributed by atoms with E-state index >= 15 is 0 Å². The molecule has 1 N–H and O–H groups in total. The van der Waals surface area contributed by atoms with E-state index in [0.717, 1.165) is 0 Å². The second-order valence-electron chi connectivity index (χ2n) is 3.34. The van der Waals surface area contributed by atoms with Gasteiger partial charge in [0.15, 0.2) is 0 Å². The Morgan fingerprint density at radius 2 is 2.20 bits per heavy atom. The molecule has 1 atom stereocenters. The molecule has 1 heterocycles. The molecule has 1 aromatic heterocycles. The van der Waals surface area contributed by atoms with E-state index < -0.39 is 6.10 Å². The fourth-order valence-electron chi connectivity index (χ4n) is 1.50. The van der Waals surface area contributed by atoms with Crippen molar-refractivity contribution in [1.29, 1.82) is 0 Å². The van der Waals surface area contributed by atoms with Gasteiger partial charge in [-0.2, -0.15) is 5.10 Å². The third kappa shape index (κ3) is 1.89. The summed E-state index contributed by atoms with van der Waals surface area (Å²) in [6.07, 6.45) is 0.755. The van der Waals surface area contributed by atoms with Crippen molar-refractivity contribution in [2.24, 2.45) is 7.05 Å². The Bertz CT molecular complexity index is 467. The lowest BCUT2D eigenvalue weighted by atomic mass is 10.1. The van der Waals surface area contributed by atoms with Crippen LogP contribution in [0, 0.1) is 5.82 Å². The molecule has 3 nitrogen and oxygen atoms in total. The molecule has 78 valence electrons. The van der Waals surface area contributed by atoms with E-state index in [0.29, 0.717) is 11.3 Å². The molecule has 0 aliphatic carbocycles. The van der Waals surface area contributed by atoms with Crippen molar-refractivity contribution in [2.75, 3.05) is 0 Å². The zero-order chi connectivity index (χ0) is 10.8. The molecule has 1 aromatic carbocycles. The van der Waals surface area contributed by atoms with Crippen molar-refractivity contribution in [3.63, 3.8) is 0 Å². The van der Waals surface area contributed by atoms with Gasteiger partial charge in [-0.05, 0) is 23.8 Å². The number of halogens is 1. The van der Waals surface area contributed by atoms with Gasteiger partial charge in [-0.3, -0.25) is 4.68 Å². The molecule has 0 amide bonds. The second-order valence-corrected chi connectivity index (χ2v) is 3.34. The molecule has 15 heavy (non-hydrogen) atoms. The van der Waals surface area contributed by atoms with Crippen LogP contribution >= 0.6 is 0 Å². The molecule has 0 saturated carbocycles. The molecule has 0 radical (unpaired) electrons. The Labute approximate surface area is 86.8 Å². The highest BCUT2D eigenvalue weighted by atomic mass is 19.1. The lowest BCUT2D eigenvalue weighted by Crippen LogP contribution is -2.06. The van der Waals surface area contributed by atoms with Gasteiger partial charge < -0.3 is 5.11 Å². The van der Waals surface area contributed by atoms with Gasteiger partial charge in [0.1, 0.15) is 11.9 Å². The van der Waals surface area contributed by atoms with E-state index in [-0.39, 0.29) is 5.82 Å². The lowest BCUT2D eigenvalue weighted by Gasteiger charge is -2.11. The van der Waals surface area contributed by atoms with Gasteiger partial charge in [-0.25, -0.2) is 4.39 Å². The van der Waals surface area contributed by atoms with Crippen molar-refractivity contribution in [3.05, 3.63) is 53.6 Å². The summed E-state index contributed by atoms with van der Waals surface area (Å²) in [5.74, 6) is -0.353. The van der Waals surface area contributed by atoms with Crippen LogP contribution in [0.25, 0.3) is 0 Å². The maximum absolute atomic E-state index is 12.9. The number of nitrogens with zero attached hydrogens (tertiary/aromatic N) is 2. The minimum Gasteiger partial charge on any atom is -0.382 e. The Morgan fingerprint density at radius 3 is 2.80 bits per heavy atom. The van der Waals surface area contributed by atoms with Crippen LogP contribution in [0.3, 0.4) is 0 Å². The number of aryl methyl sites for hydroxylation is 1. The molecule has 0 fully saturated rings. The summed E-state index contributed by atoms with van der Waals surface area (Å²) in [4.78, 5) is 0. The highest BCUT2D eigenvalue weighted by Gasteiger charge is 2.13. The van der Waals surface area contributed by atoms with Gasteiger partial charge in [0.25, 0.3) is 0 Å². The molecule has 0 spiro atoms. The molecule has 4 heteroatoms. The van der Waals surface area contributed by atoms with Gasteiger partial charge in [0.05, 0.1) is 5.69 Å². The first-order valence-electron chi connectivity index (χ1n) is 4.60. The van der Waals surface area contributed by atoms with Crippen LogP contribution in [-0.2, 0) is 7.05 Å². The van der Waals surface area contributed by atoms with Crippen LogP contribution in [0.1, 0.15) is 17.4 Å². The molecule has 0 bridgehead atoms. The van der Waals surface area contributed by atoms with Crippen molar-refractivity contribution in [3.8, 4) is 0 Å². The summed E-state index contributed by atoms with van der Waals surface area (Å²) >= 11 is 0. The standard InChI is InChI=1S/C11H11FN2O/c1-14-10(5-6-13-14)11(15)8-3-2-4-9(12)7-8/h2-7,11,15H,1H3. The smallest absolute Gasteiger partial charge is 0.123 e. The summed E-state index contributed by atoms with van der Waals surface area (Å²) in [7, 11) is 1.73. The zero-order valence-corrected chi connectivity index (χ0v) is 8.26. The molecule has 0 aliphatic rings. The van der Waals surface area contributed by atoms with Gasteiger partial charge in [-0.1, -0.05) is 12.1 Å². The molecule has 0 saturated heterocycles. The van der Waals surface area contributed by atoms with E-state index in [1.54, 1.807) is 36.1 Å². The third-order valence-electron chi connectivity index (χ3n) is 2.30. The van der Waals surface area contributed by atoms with E-state index in [1.807, 2.05) is 0 Å². The van der Waals surface area contributed by atoms with Crippen molar-refractivity contribution in [1.82, 2.24) is 9.78 Å². The van der Waals surface area contributed by atoms with Crippen molar-refractivity contribution in [2.45, 2.75) is 6.10 Å². The molecule has 1 unspecified atom stereocenters. The second kappa shape index (κ2) is 3.82. The third-order valence-corrected chi connectivity index (χ3v) is 2.30. The van der Waals surface area contributed by atoms with E-state index in [2.05, 4.69) is 5.10 Å². The number of aliphatic hydroxyl groups excluding tert-OH is 1. The van der Waals surface area contributed by atoms with Gasteiger partial charge >= 0.3 is 0 Å². The first-order chi connectivity index (χ1) is 7.18. The van der Waals surface area contributed by atoms with Gasteiger partial charge in [0.2, 0.25) is 0 Å². The van der Waals surface area contributed by atoms with E-state index in [1.165, 1.54) is 12.1 Å². The predicted octanol–water partition coefficient (Wildman–Crippen LogP) is 1.64. The van der Waals surface area contributed by atoms with Gasteiger partial charge in [0, 0.05) is 13.2 Å². The predicted molar refractivity (Wildman–Crippen MR) is 53.7 cm³/mol. The minimum absolute atomic E-state index is 0.353. The number of benzene rings is 1. The van der Waals surface area contributed by atoms with Crippen LogP contribution in [-0.4, -0.2) is 14.9 Å². The summed E-state index contributed by atoms with van der Waals surface area (Å²) in [6, 6.07) is 7.62. The Balaban J connectivity index is 2.36. The quantitative estimate of drug-likeness (QED) is 0.811. The highest BCUT2D eigenvalue weighted by molar-refractivity contribution is 5.25. The maximum atomic E-state index is 12.9. The Hall–Kier alpha value is -1.68. The Morgan fingerprint density at radius 1 is 1.40 bits per heavy atom. The number of hydrogen-bond acceptors (Lipinski definition) is 2. The summed E-state index contributed by atoms with van der Waals surface area (Å²) < 4.78 is 14.5. The summed E-state index contributed by atoms with van der Waals surface area (Å²) in [5.41, 5.74) is 1.17. The molecule has 0 aliphatic heterocycles. The van der Waals surface area contributed by atoms with E-state index in [4.69, 9.17) is 0 Å². The topological polar surface area (TPSA) is 38.0 Å². The van der Waals surface area contributed by atoms with Crippen LogP contribution in [0.5, 0.6) is 0 Å². The lowest BCUT2D eigenvalue weighted by molar-refractivity contribution is 0.209. The van der Waals surface area contributed by atoms with E-state index in [9.17, 15) is 9.50 Å². The molecule has 2 aromatic rings. The average molecular weight is 206 g/mol. The fourth-order valence-corrected chi connectivity index (χ4v) is 1.50. The van der Waals surface area contributed by atoms with Crippen molar-refractivity contribution < 1.29 is 9.50 Å². The highest BCUT2D eigenvalue weighted by Crippen LogP contribution is 2.21. The SMILES string of the molecule is Cn1nccc1C(O)c1cccc(F)c1. The number of aromatic nitrogens is 2. The molecular weight excluding hydrogens is 195 g/mol. The first-order valence-corrected chi connectivity index (χ1v) is 4.60. The summed E-state index contributed by atoms with van der Waals surface area (Å²) in [5, 5.41) is 13.9. The number of aliphatic hydroxyl groups is 1. The molecule has 2 rings (SSSR count). The first kappa shape index (κ1) is 9.86. The number of rotatable bonds is 2. The summed E-state index contributed by atoms with van der Waals surface area (Å²) in [6.45, 7) is 0. The maximum Gasteiger partial charge on any atom is 0.123 e. The van der Waals surface area contributed by atoms with Crippen LogP contribution in [0.15, 0.2) is 36.5 Å².